The lowest BCUT2D eigenvalue weighted by Gasteiger charge is -2.24. The number of likely N-dealkylation sites (tertiary alicyclic amines) is 1. The van der Waals surface area contributed by atoms with Crippen molar-refractivity contribution in [2.45, 2.75) is 31.7 Å². The van der Waals surface area contributed by atoms with Crippen molar-refractivity contribution in [2.75, 3.05) is 18.9 Å². The third-order valence-corrected chi connectivity index (χ3v) is 4.32. The van der Waals surface area contributed by atoms with Gasteiger partial charge in [0.2, 0.25) is 0 Å². The van der Waals surface area contributed by atoms with E-state index in [0.717, 1.165) is 22.2 Å². The molecule has 1 aliphatic rings. The number of nitrogen functional groups attached to an aromatic ring is 1. The van der Waals surface area contributed by atoms with Crippen molar-refractivity contribution in [3.63, 3.8) is 0 Å². The van der Waals surface area contributed by atoms with Crippen LogP contribution in [0, 0.1) is 6.92 Å². The van der Waals surface area contributed by atoms with E-state index >= 15 is 0 Å². The first kappa shape index (κ1) is 15.2. The molecule has 0 aliphatic carbocycles. The quantitative estimate of drug-likeness (QED) is 0.638. The Kier molecular flexibility index (Phi) is 4.01. The zero-order chi connectivity index (χ0) is 15.9. The van der Waals surface area contributed by atoms with Crippen molar-refractivity contribution < 1.29 is 15.3 Å². The van der Waals surface area contributed by atoms with Crippen molar-refractivity contribution >= 4 is 16.6 Å². The number of nitrogens with zero attached hydrogens (tertiary/aromatic N) is 2. The maximum Gasteiger partial charge on any atom is 0.0988 e. The average molecular weight is 303 g/mol. The molecule has 1 fully saturated rings. The molecule has 6 heteroatoms. The molecule has 0 amide bonds. The van der Waals surface area contributed by atoms with E-state index in [9.17, 15) is 15.3 Å². The Bertz CT molecular complexity index is 692. The largest absolute Gasteiger partial charge is 0.398 e. The van der Waals surface area contributed by atoms with Gasteiger partial charge < -0.3 is 21.1 Å². The minimum absolute atomic E-state index is 0.197. The lowest BCUT2D eigenvalue weighted by atomic mass is 10.1. The first-order valence-electron chi connectivity index (χ1n) is 7.37. The second-order valence-electron chi connectivity index (χ2n) is 5.90. The van der Waals surface area contributed by atoms with Crippen LogP contribution < -0.4 is 5.73 Å². The van der Waals surface area contributed by atoms with Crippen molar-refractivity contribution in [3.8, 4) is 0 Å². The molecule has 0 bridgehead atoms. The number of anilines is 1. The Morgan fingerprint density at radius 2 is 2.14 bits per heavy atom. The molecule has 0 saturated carbocycles. The predicted molar refractivity (Wildman–Crippen MR) is 84.2 cm³/mol. The minimum atomic E-state index is -0.931. The van der Waals surface area contributed by atoms with E-state index in [0.29, 0.717) is 18.8 Å². The van der Waals surface area contributed by atoms with Crippen LogP contribution in [-0.4, -0.2) is 56.6 Å². The van der Waals surface area contributed by atoms with Gasteiger partial charge >= 0.3 is 0 Å². The van der Waals surface area contributed by atoms with Gasteiger partial charge in [0.05, 0.1) is 30.4 Å². The van der Waals surface area contributed by atoms with Gasteiger partial charge in [-0.3, -0.25) is 9.88 Å². The molecule has 2 heterocycles. The van der Waals surface area contributed by atoms with Crippen molar-refractivity contribution in [3.05, 3.63) is 35.5 Å². The van der Waals surface area contributed by atoms with E-state index in [1.165, 1.54) is 0 Å². The van der Waals surface area contributed by atoms with Gasteiger partial charge in [-0.25, -0.2) is 0 Å². The molecule has 5 N–H and O–H groups in total. The number of para-hydroxylation sites is 1. The van der Waals surface area contributed by atoms with Gasteiger partial charge in [-0.05, 0) is 18.6 Å². The fourth-order valence-electron chi connectivity index (χ4n) is 3.18. The molecule has 118 valence electrons. The summed E-state index contributed by atoms with van der Waals surface area (Å²) < 4.78 is 0. The second kappa shape index (κ2) is 5.81. The third kappa shape index (κ3) is 2.55. The van der Waals surface area contributed by atoms with E-state index in [1.54, 1.807) is 0 Å². The zero-order valence-electron chi connectivity index (χ0n) is 12.5. The van der Waals surface area contributed by atoms with E-state index in [2.05, 4.69) is 4.98 Å². The van der Waals surface area contributed by atoms with Crippen LogP contribution in [0.25, 0.3) is 10.9 Å². The number of benzene rings is 1. The number of aliphatic hydroxyl groups is 3. The molecular weight excluding hydrogens is 282 g/mol. The summed E-state index contributed by atoms with van der Waals surface area (Å²) in [6, 6.07) is 7.18. The van der Waals surface area contributed by atoms with Crippen LogP contribution in [0.1, 0.15) is 11.3 Å². The highest BCUT2D eigenvalue weighted by atomic mass is 16.3. The maximum atomic E-state index is 9.92. The summed E-state index contributed by atoms with van der Waals surface area (Å²) in [5, 5.41) is 30.1. The van der Waals surface area contributed by atoms with Gasteiger partial charge in [0.15, 0.2) is 0 Å². The van der Waals surface area contributed by atoms with Gasteiger partial charge in [0.1, 0.15) is 0 Å². The average Bonchev–Trinajstić information content (AvgIpc) is 2.74. The normalized spacial score (nSPS) is 25.9. The number of hydrogen-bond acceptors (Lipinski definition) is 6. The van der Waals surface area contributed by atoms with Crippen LogP contribution in [0.2, 0.25) is 0 Å². The summed E-state index contributed by atoms with van der Waals surface area (Å²) >= 11 is 0. The SMILES string of the molecule is Cc1cc(N)c2cccc(CN3C[C@H](O)[C@H](O)[C@H]3CO)c2n1. The number of aryl methyl sites for hydroxylation is 1. The number of fused-ring (bicyclic) bond motifs is 1. The monoisotopic (exact) mass is 303 g/mol. The lowest BCUT2D eigenvalue weighted by Crippen LogP contribution is -2.38. The number of aliphatic hydroxyl groups excluding tert-OH is 3. The summed E-state index contributed by atoms with van der Waals surface area (Å²) in [6.45, 7) is 2.51. The van der Waals surface area contributed by atoms with E-state index < -0.39 is 18.2 Å². The first-order chi connectivity index (χ1) is 10.5. The van der Waals surface area contributed by atoms with Gasteiger partial charge in [-0.2, -0.15) is 0 Å². The van der Waals surface area contributed by atoms with E-state index in [1.807, 2.05) is 36.1 Å². The number of β-amino-alcohol motifs (C(OH)–C–C–N with tert-alkyl or cyclic N) is 1. The van der Waals surface area contributed by atoms with Crippen molar-refractivity contribution in [1.29, 1.82) is 0 Å². The van der Waals surface area contributed by atoms with Crippen molar-refractivity contribution in [1.82, 2.24) is 9.88 Å². The molecule has 1 aromatic carbocycles. The smallest absolute Gasteiger partial charge is 0.0988 e. The van der Waals surface area contributed by atoms with Crippen LogP contribution in [0.15, 0.2) is 24.3 Å². The maximum absolute atomic E-state index is 9.92. The number of nitrogens with two attached hydrogens (primary N) is 1. The molecule has 6 nitrogen and oxygen atoms in total. The first-order valence-corrected chi connectivity index (χ1v) is 7.37. The molecule has 1 saturated heterocycles. The zero-order valence-corrected chi connectivity index (χ0v) is 12.5. The van der Waals surface area contributed by atoms with E-state index in [4.69, 9.17) is 5.73 Å². The summed E-state index contributed by atoms with van der Waals surface area (Å²) in [7, 11) is 0. The minimum Gasteiger partial charge on any atom is -0.398 e. The molecule has 22 heavy (non-hydrogen) atoms. The molecule has 0 radical (unpaired) electrons. The standard InChI is InChI=1S/C16H21N3O3/c1-9-5-12(17)11-4-2-3-10(15(11)18-9)6-19-7-14(21)16(22)13(19)8-20/h2-5,13-14,16,20-22H,6-8H2,1H3,(H2,17,18)/t13-,14+,16-/m1/s1. The number of hydrogen-bond donors (Lipinski definition) is 4. The Morgan fingerprint density at radius 1 is 1.36 bits per heavy atom. The fourth-order valence-corrected chi connectivity index (χ4v) is 3.18. The van der Waals surface area contributed by atoms with Crippen LogP contribution in [-0.2, 0) is 6.54 Å². The van der Waals surface area contributed by atoms with Crippen LogP contribution in [0.4, 0.5) is 5.69 Å². The van der Waals surface area contributed by atoms with Gasteiger partial charge in [-0.1, -0.05) is 18.2 Å². The number of rotatable bonds is 3. The van der Waals surface area contributed by atoms with Crippen LogP contribution in [0.5, 0.6) is 0 Å². The Morgan fingerprint density at radius 3 is 2.86 bits per heavy atom. The highest BCUT2D eigenvalue weighted by molar-refractivity contribution is 5.92. The van der Waals surface area contributed by atoms with Gasteiger partial charge in [0, 0.05) is 29.9 Å². The van der Waals surface area contributed by atoms with Crippen molar-refractivity contribution in [2.24, 2.45) is 0 Å². The Hall–Kier alpha value is -1.73. The topological polar surface area (TPSA) is 103 Å². The molecule has 0 unspecified atom stereocenters. The van der Waals surface area contributed by atoms with E-state index in [-0.39, 0.29) is 6.61 Å². The summed E-state index contributed by atoms with van der Waals surface area (Å²) in [6.07, 6.45) is -1.77. The molecule has 2 aromatic rings. The van der Waals surface area contributed by atoms with Gasteiger partial charge in [0.25, 0.3) is 0 Å². The molecule has 3 atom stereocenters. The number of pyridine rings is 1. The highest BCUT2D eigenvalue weighted by Gasteiger charge is 2.39. The third-order valence-electron chi connectivity index (χ3n) is 4.32. The molecule has 1 aromatic heterocycles. The number of aromatic nitrogens is 1. The second-order valence-corrected chi connectivity index (χ2v) is 5.90. The Balaban J connectivity index is 1.98. The summed E-state index contributed by atoms with van der Waals surface area (Å²) in [5.41, 5.74) is 9.38. The molecule has 0 spiro atoms. The van der Waals surface area contributed by atoms with Gasteiger partial charge in [-0.15, -0.1) is 0 Å². The summed E-state index contributed by atoms with van der Waals surface area (Å²) in [4.78, 5) is 6.45. The molecular formula is C16H21N3O3. The molecule has 3 rings (SSSR count). The fraction of sp³-hybridized carbons (Fsp3) is 0.438. The Labute approximate surface area is 128 Å². The van der Waals surface area contributed by atoms with Crippen LogP contribution >= 0.6 is 0 Å². The molecule has 1 aliphatic heterocycles. The summed E-state index contributed by atoms with van der Waals surface area (Å²) in [5.74, 6) is 0. The van der Waals surface area contributed by atoms with Crippen LogP contribution in [0.3, 0.4) is 0 Å². The predicted octanol–water partition coefficient (Wildman–Crippen LogP) is 0.0237. The highest BCUT2D eigenvalue weighted by Crippen LogP contribution is 2.27. The lowest BCUT2D eigenvalue weighted by molar-refractivity contribution is 0.0210.